The molecule has 0 heterocycles. The smallest absolute Gasteiger partial charge is 0.332 e. The second-order valence-electron chi connectivity index (χ2n) is 9.93. The van der Waals surface area contributed by atoms with Crippen LogP contribution >= 0.6 is 38.5 Å². The molecule has 6 nitrogen and oxygen atoms in total. The van der Waals surface area contributed by atoms with Crippen molar-refractivity contribution < 1.29 is 67.5 Å². The summed E-state index contributed by atoms with van der Waals surface area (Å²) in [5.74, 6) is -13.3. The van der Waals surface area contributed by atoms with Crippen molar-refractivity contribution in [2.24, 2.45) is 5.92 Å². The van der Waals surface area contributed by atoms with Crippen LogP contribution in [0, 0.1) is 21.1 Å². The van der Waals surface area contributed by atoms with E-state index in [1.807, 2.05) is 5.32 Å². The van der Waals surface area contributed by atoms with Crippen molar-refractivity contribution in [1.29, 1.82) is 0 Å². The van der Waals surface area contributed by atoms with Gasteiger partial charge >= 0.3 is 29.9 Å². The molecule has 0 bridgehead atoms. The van der Waals surface area contributed by atoms with Gasteiger partial charge in [0.05, 0.1) is 17.2 Å². The maximum Gasteiger partial charge on any atom is 0.457 e. The second kappa shape index (κ2) is 12.8. The Labute approximate surface area is 278 Å². The first-order chi connectivity index (χ1) is 21.6. The monoisotopic (exact) mass is 858 g/mol. The minimum Gasteiger partial charge on any atom is -0.332 e. The number of amides is 2. The number of nitrogens with zero attached hydrogens (tertiary/aromatic N) is 1. The minimum atomic E-state index is -6.97. The fourth-order valence-corrected chi connectivity index (χ4v) is 5.73. The van der Waals surface area contributed by atoms with Gasteiger partial charge in [-0.2, -0.15) is 35.1 Å². The third-order valence-corrected chi connectivity index (χ3v) is 8.14. The van der Waals surface area contributed by atoms with Crippen LogP contribution in [0.5, 0.6) is 0 Å². The zero-order valence-electron chi connectivity index (χ0n) is 22.7. The molecule has 0 aliphatic heterocycles. The fourth-order valence-electron chi connectivity index (χ4n) is 4.04. The number of hydroxylamine groups is 1. The highest BCUT2D eigenvalue weighted by Crippen LogP contribution is 2.59. The highest BCUT2D eigenvalue weighted by Gasteiger charge is 2.81. The number of hydrogen-bond donors (Lipinski definition) is 1. The molecule has 1 fully saturated rings. The van der Waals surface area contributed by atoms with Gasteiger partial charge in [0.1, 0.15) is 11.5 Å². The molecule has 1 aliphatic carbocycles. The average molecular weight is 859 g/mol. The Balaban J connectivity index is 1.71. The van der Waals surface area contributed by atoms with Gasteiger partial charge in [-0.15, -0.1) is 5.06 Å². The Kier molecular flexibility index (Phi) is 9.94. The molecule has 47 heavy (non-hydrogen) atoms. The van der Waals surface area contributed by atoms with Crippen LogP contribution in [0.4, 0.5) is 59.7 Å². The molecule has 0 aromatic heterocycles. The molecule has 0 saturated heterocycles. The van der Waals surface area contributed by atoms with Crippen molar-refractivity contribution in [1.82, 2.24) is 0 Å². The first-order valence-electron chi connectivity index (χ1n) is 12.7. The van der Waals surface area contributed by atoms with Crippen LogP contribution in [0.2, 0.25) is 0 Å². The number of anilines is 2. The first kappa shape index (κ1) is 36.3. The Morgan fingerprint density at radius 2 is 1.47 bits per heavy atom. The summed E-state index contributed by atoms with van der Waals surface area (Å²) in [6.45, 7) is 0. The minimum absolute atomic E-state index is 0.0126. The van der Waals surface area contributed by atoms with Crippen LogP contribution < -0.4 is 10.4 Å². The lowest BCUT2D eigenvalue weighted by Crippen LogP contribution is -2.59. The quantitative estimate of drug-likeness (QED) is 0.146. The van der Waals surface area contributed by atoms with E-state index >= 15 is 8.78 Å². The number of hydrogen-bond acceptors (Lipinski definition) is 4. The second-order valence-corrected chi connectivity index (χ2v) is 11.9. The predicted molar refractivity (Wildman–Crippen MR) is 153 cm³/mol. The third-order valence-electron chi connectivity index (χ3n) is 6.67. The van der Waals surface area contributed by atoms with Gasteiger partial charge in [0.15, 0.2) is 5.82 Å². The van der Waals surface area contributed by atoms with Gasteiger partial charge < -0.3 is 10.2 Å². The molecule has 0 radical (unpaired) electrons. The van der Waals surface area contributed by atoms with Crippen LogP contribution in [0.25, 0.3) is 0 Å². The lowest BCUT2D eigenvalue weighted by Gasteiger charge is -2.36. The molecule has 1 unspecified atom stereocenters. The molecule has 3 aromatic rings. The topological polar surface area (TPSA) is 75.7 Å². The summed E-state index contributed by atoms with van der Waals surface area (Å²) in [6, 6.07) is 6.54. The fraction of sp³-hybridized carbons (Fsp3) is 0.250. The molecule has 1 N–H and O–H groups in total. The molecule has 0 spiro atoms. The molecular weight excluding hydrogens is 844 g/mol. The van der Waals surface area contributed by atoms with E-state index in [4.69, 9.17) is 4.84 Å². The van der Waals surface area contributed by atoms with Crippen molar-refractivity contribution in [3.05, 3.63) is 91.0 Å². The molecule has 19 heteroatoms. The number of nitrogens with one attached hydrogen (secondary N) is 1. The van der Waals surface area contributed by atoms with Crippen LogP contribution in [0.3, 0.4) is 0 Å². The Morgan fingerprint density at radius 1 is 0.872 bits per heavy atom. The zero-order valence-corrected chi connectivity index (χ0v) is 26.4. The van der Waals surface area contributed by atoms with Gasteiger partial charge in [-0.25, -0.2) is 18.0 Å². The van der Waals surface area contributed by atoms with E-state index in [0.717, 1.165) is 65.1 Å². The maximum atomic E-state index is 15.8. The molecular formula is C28H15BrF11IN2O4. The SMILES string of the molecule is O=C(Nc1c(Br)cc(C(F)(C(F)(F)F)C(F)(F)C(F)(F)F)cc1I)c1cccc(N(OC(=O)C2CC2)C(=O)c2ccc(F)cc2)c1F. The molecule has 4 rings (SSSR count). The number of alkyl halides is 9. The molecule has 3 aromatic carbocycles. The van der Waals surface area contributed by atoms with Crippen molar-refractivity contribution >= 4 is 67.7 Å². The van der Waals surface area contributed by atoms with Crippen LogP contribution in [0.15, 0.2) is 59.1 Å². The van der Waals surface area contributed by atoms with Gasteiger partial charge in [0, 0.05) is 19.2 Å². The van der Waals surface area contributed by atoms with Crippen LogP contribution in [0.1, 0.15) is 39.1 Å². The van der Waals surface area contributed by atoms with E-state index in [-0.39, 0.29) is 22.8 Å². The van der Waals surface area contributed by atoms with Gasteiger partial charge in [0.2, 0.25) is 0 Å². The summed E-state index contributed by atoms with van der Waals surface area (Å²) in [5, 5.41) is 2.25. The number of carbonyl (C=O) groups excluding carboxylic acids is 3. The molecule has 1 aliphatic rings. The van der Waals surface area contributed by atoms with Crippen LogP contribution in [-0.2, 0) is 15.3 Å². The van der Waals surface area contributed by atoms with Crippen LogP contribution in [-0.4, -0.2) is 36.1 Å². The van der Waals surface area contributed by atoms with E-state index in [9.17, 15) is 53.9 Å². The summed E-state index contributed by atoms with van der Waals surface area (Å²) < 4.78 is 150. The standard InChI is InChI=1S/C28H15BrF11IN2O4/c29-17-10-14(25(32,27(35,36)37)26(33,34)28(38,39)40)11-18(41)21(17)42-22(44)16-2-1-3-19(20(16)31)43(47-24(46)13-4-5-13)23(45)12-6-8-15(30)9-7-12/h1-3,6-11,13H,4-5H2,(H,42,44). The van der Waals surface area contributed by atoms with Gasteiger partial charge in [0.25, 0.3) is 11.8 Å². The molecule has 1 atom stereocenters. The summed E-state index contributed by atoms with van der Waals surface area (Å²) in [4.78, 5) is 43.8. The number of rotatable bonds is 7. The van der Waals surface area contributed by atoms with E-state index in [1.165, 1.54) is 0 Å². The van der Waals surface area contributed by atoms with E-state index < -0.39 is 89.8 Å². The average Bonchev–Trinajstić information content (AvgIpc) is 3.82. The Morgan fingerprint density at radius 3 is 1.98 bits per heavy atom. The third kappa shape index (κ3) is 6.91. The molecule has 1 saturated carbocycles. The van der Waals surface area contributed by atoms with Gasteiger partial charge in [-0.05, 0) is 99.9 Å². The number of carbonyl (C=O) groups is 3. The highest BCUT2D eigenvalue weighted by atomic mass is 127. The lowest BCUT2D eigenvalue weighted by atomic mass is 9.87. The lowest BCUT2D eigenvalue weighted by molar-refractivity contribution is -0.389. The van der Waals surface area contributed by atoms with E-state index in [1.54, 1.807) is 0 Å². The zero-order chi connectivity index (χ0) is 35.3. The van der Waals surface area contributed by atoms with Gasteiger partial charge in [-0.1, -0.05) is 6.07 Å². The molecule has 2 amide bonds. The highest BCUT2D eigenvalue weighted by molar-refractivity contribution is 14.1. The van der Waals surface area contributed by atoms with Crippen molar-refractivity contribution in [3.63, 3.8) is 0 Å². The summed E-state index contributed by atoms with van der Waals surface area (Å²) in [7, 11) is 0. The molecule has 252 valence electrons. The normalized spacial score (nSPS) is 15.1. The number of halogens is 13. The van der Waals surface area contributed by atoms with E-state index in [2.05, 4.69) is 15.9 Å². The van der Waals surface area contributed by atoms with Crippen molar-refractivity contribution in [2.75, 3.05) is 10.4 Å². The van der Waals surface area contributed by atoms with E-state index in [0.29, 0.717) is 12.8 Å². The maximum absolute atomic E-state index is 15.8. The summed E-state index contributed by atoms with van der Waals surface area (Å²) in [5.41, 5.74) is -11.0. The summed E-state index contributed by atoms with van der Waals surface area (Å²) >= 11 is 3.73. The Hall–Kier alpha value is -3.49. The number of benzene rings is 3. The first-order valence-corrected chi connectivity index (χ1v) is 14.6. The Bertz CT molecular complexity index is 1710. The van der Waals surface area contributed by atoms with Crippen molar-refractivity contribution in [2.45, 2.75) is 36.8 Å². The largest absolute Gasteiger partial charge is 0.457 e. The van der Waals surface area contributed by atoms with Gasteiger partial charge in [-0.3, -0.25) is 9.59 Å². The van der Waals surface area contributed by atoms with Crippen molar-refractivity contribution in [3.8, 4) is 0 Å². The summed E-state index contributed by atoms with van der Waals surface area (Å²) in [6.07, 6.45) is -12.9. The predicted octanol–water partition coefficient (Wildman–Crippen LogP) is 9.02.